The van der Waals surface area contributed by atoms with Crippen LogP contribution in [0, 0.1) is 5.82 Å². The van der Waals surface area contributed by atoms with Gasteiger partial charge < -0.3 is 4.98 Å². The zero-order valence-electron chi connectivity index (χ0n) is 11.0. The first-order valence-corrected chi connectivity index (χ1v) is 6.54. The minimum atomic E-state index is -0.250. The Morgan fingerprint density at radius 2 is 2.05 bits per heavy atom. The summed E-state index contributed by atoms with van der Waals surface area (Å²) in [5, 5.41) is 5.30. The van der Waals surface area contributed by atoms with Crippen LogP contribution in [0.4, 0.5) is 4.39 Å². The molecule has 22 heavy (non-hydrogen) atoms. The summed E-state index contributed by atoms with van der Waals surface area (Å²) in [6, 6.07) is 10.4. The maximum Gasteiger partial charge on any atom is 0.153 e. The number of rotatable bonds is 2. The van der Waals surface area contributed by atoms with Crippen molar-refractivity contribution in [2.24, 2.45) is 0 Å². The van der Waals surface area contributed by atoms with Gasteiger partial charge in [0.05, 0.1) is 6.20 Å². The first-order valence-electron chi connectivity index (χ1n) is 6.54. The second-order valence-corrected chi connectivity index (χ2v) is 4.75. The van der Waals surface area contributed by atoms with Gasteiger partial charge >= 0.3 is 0 Å². The van der Waals surface area contributed by atoms with Crippen LogP contribution in [-0.4, -0.2) is 19.7 Å². The van der Waals surface area contributed by atoms with E-state index in [9.17, 15) is 4.39 Å². The van der Waals surface area contributed by atoms with Gasteiger partial charge in [0.25, 0.3) is 0 Å². The van der Waals surface area contributed by atoms with E-state index in [-0.39, 0.29) is 13.2 Å². The van der Waals surface area contributed by atoms with Crippen molar-refractivity contribution in [3.63, 3.8) is 0 Å². The summed E-state index contributed by atoms with van der Waals surface area (Å²) >= 11 is 0. The van der Waals surface area contributed by atoms with Crippen molar-refractivity contribution in [2.75, 3.05) is 0 Å². The molecule has 4 rings (SSSR count). The third-order valence-corrected chi connectivity index (χ3v) is 3.42. The number of halogens is 1. The van der Waals surface area contributed by atoms with Crippen LogP contribution in [0.25, 0.3) is 27.8 Å². The van der Waals surface area contributed by atoms with Crippen LogP contribution in [0.5, 0.6) is 0 Å². The molecule has 0 aliphatic heterocycles. The molecule has 0 saturated carbocycles. The number of H-pyrrole nitrogens is 1. The molecule has 110 valence electrons. The van der Waals surface area contributed by atoms with E-state index < -0.39 is 0 Å². The second kappa shape index (κ2) is 5.44. The summed E-state index contributed by atoms with van der Waals surface area (Å²) in [5.74, 6) is 0.509. The van der Waals surface area contributed by atoms with Crippen LogP contribution >= 0.6 is 0 Å². The molecule has 0 fully saturated rings. The number of fused-ring (bicyclic) bond motifs is 1. The fourth-order valence-corrected chi connectivity index (χ4v) is 2.41. The summed E-state index contributed by atoms with van der Waals surface area (Å²) in [6.07, 6.45) is 7.28. The average molecular weight is 294 g/mol. The topological polar surface area (TPSA) is 46.5 Å². The third-order valence-electron chi connectivity index (χ3n) is 3.42. The molecule has 0 saturated heterocycles. The van der Waals surface area contributed by atoms with Gasteiger partial charge in [-0.25, -0.2) is 14.1 Å². The van der Waals surface area contributed by atoms with Crippen molar-refractivity contribution >= 4 is 10.9 Å². The summed E-state index contributed by atoms with van der Waals surface area (Å²) in [4.78, 5) is 7.34. The molecule has 0 radical (unpaired) electrons. The van der Waals surface area contributed by atoms with E-state index in [1.165, 1.54) is 12.1 Å². The molecule has 0 amide bonds. The van der Waals surface area contributed by atoms with Gasteiger partial charge in [-0.2, -0.15) is 5.10 Å². The standard InChI is InChI=1S/C16H11FN4.CH4/c17-12-4-5-13-14(9-19-15(13)7-12)11-8-20-21(10-11)16-3-1-2-6-18-16;/h1-10,19H;1H4. The molecular weight excluding hydrogens is 279 g/mol. The van der Waals surface area contributed by atoms with Crippen LogP contribution < -0.4 is 0 Å². The maximum atomic E-state index is 13.2. The molecule has 3 heterocycles. The van der Waals surface area contributed by atoms with E-state index in [4.69, 9.17) is 0 Å². The fourth-order valence-electron chi connectivity index (χ4n) is 2.41. The van der Waals surface area contributed by atoms with Crippen molar-refractivity contribution < 1.29 is 4.39 Å². The Morgan fingerprint density at radius 1 is 1.14 bits per heavy atom. The summed E-state index contributed by atoms with van der Waals surface area (Å²) in [5.41, 5.74) is 2.72. The second-order valence-electron chi connectivity index (χ2n) is 4.75. The lowest BCUT2D eigenvalue weighted by Gasteiger charge is -1.98. The van der Waals surface area contributed by atoms with E-state index in [1.807, 2.05) is 30.6 Å². The van der Waals surface area contributed by atoms with Gasteiger partial charge in [-0.1, -0.05) is 13.5 Å². The number of aromatic amines is 1. The van der Waals surface area contributed by atoms with E-state index in [2.05, 4.69) is 15.1 Å². The number of nitrogens with zero attached hydrogens (tertiary/aromatic N) is 3. The van der Waals surface area contributed by atoms with Crippen LogP contribution in [0.1, 0.15) is 7.43 Å². The summed E-state index contributed by atoms with van der Waals surface area (Å²) in [7, 11) is 0. The molecule has 0 unspecified atom stereocenters. The van der Waals surface area contributed by atoms with Crippen molar-refractivity contribution in [1.82, 2.24) is 19.7 Å². The van der Waals surface area contributed by atoms with Crippen molar-refractivity contribution in [3.8, 4) is 16.9 Å². The van der Waals surface area contributed by atoms with Crippen molar-refractivity contribution in [2.45, 2.75) is 7.43 Å². The highest BCUT2D eigenvalue weighted by molar-refractivity contribution is 5.95. The Labute approximate surface area is 127 Å². The normalized spacial score (nSPS) is 10.6. The number of aromatic nitrogens is 4. The highest BCUT2D eigenvalue weighted by atomic mass is 19.1. The quantitative estimate of drug-likeness (QED) is 0.602. The smallest absolute Gasteiger partial charge is 0.153 e. The molecule has 4 nitrogen and oxygen atoms in total. The Balaban J connectivity index is 0.00000144. The first kappa shape index (κ1) is 14.0. The number of hydrogen-bond acceptors (Lipinski definition) is 2. The highest BCUT2D eigenvalue weighted by Crippen LogP contribution is 2.29. The van der Waals surface area contributed by atoms with Crippen molar-refractivity contribution in [1.29, 1.82) is 0 Å². The SMILES string of the molecule is C.Fc1ccc2c(-c3cnn(-c4ccccn4)c3)c[nH]c2c1. The molecule has 0 atom stereocenters. The number of nitrogens with one attached hydrogen (secondary N) is 1. The molecule has 4 aromatic rings. The van der Waals surface area contributed by atoms with Crippen LogP contribution in [-0.2, 0) is 0 Å². The zero-order valence-corrected chi connectivity index (χ0v) is 11.0. The van der Waals surface area contributed by atoms with Crippen LogP contribution in [0.3, 0.4) is 0 Å². The van der Waals surface area contributed by atoms with Gasteiger partial charge in [-0.3, -0.25) is 0 Å². The largest absolute Gasteiger partial charge is 0.360 e. The third kappa shape index (κ3) is 2.26. The summed E-state index contributed by atoms with van der Waals surface area (Å²) in [6.45, 7) is 0. The van der Waals surface area contributed by atoms with Gasteiger partial charge in [-0.05, 0) is 30.3 Å². The zero-order chi connectivity index (χ0) is 14.2. The van der Waals surface area contributed by atoms with E-state index in [1.54, 1.807) is 23.1 Å². The maximum absolute atomic E-state index is 13.2. The lowest BCUT2D eigenvalue weighted by atomic mass is 10.1. The minimum absolute atomic E-state index is 0. The molecular formula is C17H15FN4. The van der Waals surface area contributed by atoms with E-state index in [0.29, 0.717) is 0 Å². The van der Waals surface area contributed by atoms with E-state index in [0.717, 1.165) is 27.8 Å². The summed E-state index contributed by atoms with van der Waals surface area (Å²) < 4.78 is 14.9. The molecule has 1 aromatic carbocycles. The molecule has 0 aliphatic carbocycles. The number of hydrogen-bond donors (Lipinski definition) is 1. The van der Waals surface area contributed by atoms with Gasteiger partial charge in [-0.15, -0.1) is 0 Å². The lowest BCUT2D eigenvalue weighted by Crippen LogP contribution is -1.95. The molecule has 0 aliphatic rings. The predicted molar refractivity (Wildman–Crippen MR) is 85.3 cm³/mol. The Morgan fingerprint density at radius 3 is 2.86 bits per heavy atom. The highest BCUT2D eigenvalue weighted by Gasteiger charge is 2.09. The molecule has 1 N–H and O–H groups in total. The van der Waals surface area contributed by atoms with Gasteiger partial charge in [0.1, 0.15) is 5.82 Å². The van der Waals surface area contributed by atoms with E-state index >= 15 is 0 Å². The Hall–Kier alpha value is -2.95. The number of benzene rings is 1. The minimum Gasteiger partial charge on any atom is -0.360 e. The predicted octanol–water partition coefficient (Wildman–Crippen LogP) is 4.19. The molecule has 0 spiro atoms. The van der Waals surface area contributed by atoms with Gasteiger partial charge in [0, 0.05) is 40.6 Å². The van der Waals surface area contributed by atoms with Crippen molar-refractivity contribution in [3.05, 3.63) is 67.0 Å². The fraction of sp³-hybridized carbons (Fsp3) is 0.0588. The van der Waals surface area contributed by atoms with Crippen LogP contribution in [0.2, 0.25) is 0 Å². The molecule has 0 bridgehead atoms. The first-order chi connectivity index (χ1) is 10.3. The monoisotopic (exact) mass is 294 g/mol. The van der Waals surface area contributed by atoms with Gasteiger partial charge in [0.2, 0.25) is 0 Å². The molecule has 5 heteroatoms. The lowest BCUT2D eigenvalue weighted by molar-refractivity contribution is 0.629. The average Bonchev–Trinajstić information content (AvgIpc) is 3.13. The Kier molecular flexibility index (Phi) is 3.47. The van der Waals surface area contributed by atoms with Crippen LogP contribution in [0.15, 0.2) is 61.2 Å². The molecule has 3 aromatic heterocycles. The Bertz CT molecular complexity index is 909. The van der Waals surface area contributed by atoms with Gasteiger partial charge in [0.15, 0.2) is 5.82 Å². The number of pyridine rings is 1.